The van der Waals surface area contributed by atoms with Crippen LogP contribution in [0.2, 0.25) is 0 Å². The molecule has 0 saturated carbocycles. The number of aryl methyl sites for hydroxylation is 1. The van der Waals surface area contributed by atoms with E-state index < -0.39 is 6.04 Å². The third-order valence-electron chi connectivity index (χ3n) is 3.59. The highest BCUT2D eigenvalue weighted by molar-refractivity contribution is 7.98. The Labute approximate surface area is 145 Å². The number of benzene rings is 1. The van der Waals surface area contributed by atoms with Gasteiger partial charge < -0.3 is 15.1 Å². The number of hydrogen-bond acceptors (Lipinski definition) is 5. The normalized spacial score (nSPS) is 12.1. The van der Waals surface area contributed by atoms with Crippen LogP contribution in [0.15, 0.2) is 22.6 Å². The fraction of sp³-hybridized carbons (Fsp3) is 0.471. The molecule has 2 N–H and O–H groups in total. The fourth-order valence-electron chi connectivity index (χ4n) is 2.23. The Morgan fingerprint density at radius 2 is 2.12 bits per heavy atom. The standard InChI is InChI=1S/C17H23N3O3S/c1-4-15(21)19-12(8-9-24-3)17(22)18-11-6-7-14-13(10-11)20-16(5-2)23-14/h6-7,10,12H,4-5,8-9H2,1-3H3,(H,18,22)(H,19,21)/t12-/m0/s1. The molecule has 130 valence electrons. The molecular weight excluding hydrogens is 326 g/mol. The summed E-state index contributed by atoms with van der Waals surface area (Å²) in [5.74, 6) is 1.12. The Balaban J connectivity index is 2.10. The second kappa shape index (κ2) is 8.73. The van der Waals surface area contributed by atoms with Gasteiger partial charge in [-0.3, -0.25) is 9.59 Å². The minimum Gasteiger partial charge on any atom is -0.441 e. The first-order chi connectivity index (χ1) is 11.6. The van der Waals surface area contributed by atoms with Crippen molar-refractivity contribution in [2.45, 2.75) is 39.2 Å². The molecule has 0 spiro atoms. The molecule has 7 heteroatoms. The molecule has 0 aliphatic carbocycles. The topological polar surface area (TPSA) is 84.2 Å². The third-order valence-corrected chi connectivity index (χ3v) is 4.23. The van der Waals surface area contributed by atoms with Gasteiger partial charge in [-0.1, -0.05) is 13.8 Å². The molecule has 0 radical (unpaired) electrons. The lowest BCUT2D eigenvalue weighted by atomic mass is 10.2. The van der Waals surface area contributed by atoms with Crippen LogP contribution in [0.1, 0.15) is 32.6 Å². The molecule has 2 amide bonds. The van der Waals surface area contributed by atoms with E-state index in [0.717, 1.165) is 12.2 Å². The van der Waals surface area contributed by atoms with Crippen molar-refractivity contribution in [3.8, 4) is 0 Å². The smallest absolute Gasteiger partial charge is 0.246 e. The number of anilines is 1. The summed E-state index contributed by atoms with van der Waals surface area (Å²) in [6.07, 6.45) is 3.63. The van der Waals surface area contributed by atoms with Gasteiger partial charge in [0.25, 0.3) is 0 Å². The van der Waals surface area contributed by atoms with E-state index in [2.05, 4.69) is 15.6 Å². The van der Waals surface area contributed by atoms with Gasteiger partial charge in [0.1, 0.15) is 11.6 Å². The van der Waals surface area contributed by atoms with Crippen molar-refractivity contribution in [2.24, 2.45) is 0 Å². The van der Waals surface area contributed by atoms with Crippen molar-refractivity contribution in [1.29, 1.82) is 0 Å². The molecule has 2 aromatic rings. The molecule has 1 aromatic heterocycles. The number of oxazole rings is 1. The minimum atomic E-state index is -0.538. The van der Waals surface area contributed by atoms with Crippen LogP contribution in [0, 0.1) is 0 Å². The van der Waals surface area contributed by atoms with Crippen LogP contribution >= 0.6 is 11.8 Å². The number of carbonyl (C=O) groups excluding carboxylic acids is 2. The highest BCUT2D eigenvalue weighted by atomic mass is 32.2. The molecule has 0 unspecified atom stereocenters. The number of fused-ring (bicyclic) bond motifs is 1. The molecule has 0 bridgehead atoms. The van der Waals surface area contributed by atoms with Crippen molar-refractivity contribution in [1.82, 2.24) is 10.3 Å². The van der Waals surface area contributed by atoms with E-state index in [1.54, 1.807) is 36.9 Å². The van der Waals surface area contributed by atoms with Crippen molar-refractivity contribution in [2.75, 3.05) is 17.3 Å². The summed E-state index contributed by atoms with van der Waals surface area (Å²) < 4.78 is 5.56. The number of amides is 2. The third kappa shape index (κ3) is 4.74. The summed E-state index contributed by atoms with van der Waals surface area (Å²) >= 11 is 1.64. The first-order valence-electron chi connectivity index (χ1n) is 8.06. The first-order valence-corrected chi connectivity index (χ1v) is 9.45. The van der Waals surface area contributed by atoms with E-state index in [0.29, 0.717) is 35.5 Å². The van der Waals surface area contributed by atoms with Gasteiger partial charge in [0, 0.05) is 18.5 Å². The number of aromatic nitrogens is 1. The quantitative estimate of drug-likeness (QED) is 0.765. The van der Waals surface area contributed by atoms with Gasteiger partial charge in [-0.15, -0.1) is 0 Å². The molecule has 1 heterocycles. The van der Waals surface area contributed by atoms with E-state index >= 15 is 0 Å². The monoisotopic (exact) mass is 349 g/mol. The number of carbonyl (C=O) groups is 2. The lowest BCUT2D eigenvalue weighted by molar-refractivity contribution is -0.126. The number of thioether (sulfide) groups is 1. The molecule has 2 rings (SSSR count). The Morgan fingerprint density at radius 3 is 2.79 bits per heavy atom. The Morgan fingerprint density at radius 1 is 1.33 bits per heavy atom. The molecule has 0 aliphatic heterocycles. The van der Waals surface area contributed by atoms with Gasteiger partial charge in [-0.25, -0.2) is 4.98 Å². The maximum Gasteiger partial charge on any atom is 0.246 e. The molecule has 1 aromatic carbocycles. The molecule has 1 atom stereocenters. The molecule has 0 saturated heterocycles. The van der Waals surface area contributed by atoms with Crippen molar-refractivity contribution < 1.29 is 14.0 Å². The Kier molecular flexibility index (Phi) is 6.66. The van der Waals surface area contributed by atoms with Crippen LogP contribution in [0.4, 0.5) is 5.69 Å². The van der Waals surface area contributed by atoms with Crippen LogP contribution < -0.4 is 10.6 Å². The predicted molar refractivity (Wildman–Crippen MR) is 97.2 cm³/mol. The number of nitrogens with zero attached hydrogens (tertiary/aromatic N) is 1. The van der Waals surface area contributed by atoms with Gasteiger partial charge in [-0.05, 0) is 36.6 Å². The largest absolute Gasteiger partial charge is 0.441 e. The summed E-state index contributed by atoms with van der Waals surface area (Å²) in [6.45, 7) is 3.74. The molecule has 24 heavy (non-hydrogen) atoms. The van der Waals surface area contributed by atoms with Crippen LogP contribution in [0.5, 0.6) is 0 Å². The molecular formula is C17H23N3O3S. The zero-order valence-electron chi connectivity index (χ0n) is 14.2. The fourth-order valence-corrected chi connectivity index (χ4v) is 2.71. The summed E-state index contributed by atoms with van der Waals surface area (Å²) in [4.78, 5) is 28.5. The summed E-state index contributed by atoms with van der Waals surface area (Å²) in [6, 6.07) is 4.81. The summed E-state index contributed by atoms with van der Waals surface area (Å²) in [7, 11) is 0. The molecule has 0 fully saturated rings. The number of hydrogen-bond donors (Lipinski definition) is 2. The van der Waals surface area contributed by atoms with Gasteiger partial charge in [0.15, 0.2) is 11.5 Å². The molecule has 6 nitrogen and oxygen atoms in total. The first kappa shape index (κ1) is 18.3. The predicted octanol–water partition coefficient (Wildman–Crippen LogP) is 2.98. The van der Waals surface area contributed by atoms with E-state index in [4.69, 9.17) is 4.42 Å². The maximum absolute atomic E-state index is 12.5. The number of nitrogens with one attached hydrogen (secondary N) is 2. The zero-order valence-corrected chi connectivity index (χ0v) is 15.0. The lowest BCUT2D eigenvalue weighted by Gasteiger charge is -2.17. The summed E-state index contributed by atoms with van der Waals surface area (Å²) in [5.41, 5.74) is 2.05. The van der Waals surface area contributed by atoms with Gasteiger partial charge in [0.2, 0.25) is 11.8 Å². The van der Waals surface area contributed by atoms with Crippen LogP contribution in [-0.2, 0) is 16.0 Å². The second-order valence-corrected chi connectivity index (χ2v) is 6.37. The second-order valence-electron chi connectivity index (χ2n) is 5.39. The lowest BCUT2D eigenvalue weighted by Crippen LogP contribution is -2.43. The SMILES string of the molecule is CCC(=O)N[C@@H](CCSC)C(=O)Nc1ccc2oc(CC)nc2c1. The number of rotatable bonds is 8. The van der Waals surface area contributed by atoms with Gasteiger partial charge in [0.05, 0.1) is 0 Å². The zero-order chi connectivity index (χ0) is 17.5. The van der Waals surface area contributed by atoms with E-state index in [9.17, 15) is 9.59 Å². The Bertz CT molecular complexity index is 714. The van der Waals surface area contributed by atoms with Gasteiger partial charge >= 0.3 is 0 Å². The van der Waals surface area contributed by atoms with Crippen LogP contribution in [-0.4, -0.2) is 34.8 Å². The highest BCUT2D eigenvalue weighted by Gasteiger charge is 2.20. The highest BCUT2D eigenvalue weighted by Crippen LogP contribution is 2.20. The van der Waals surface area contributed by atoms with Crippen molar-refractivity contribution >= 4 is 40.4 Å². The van der Waals surface area contributed by atoms with E-state index in [-0.39, 0.29) is 11.8 Å². The maximum atomic E-state index is 12.5. The minimum absolute atomic E-state index is 0.129. The van der Waals surface area contributed by atoms with Crippen LogP contribution in [0.25, 0.3) is 11.1 Å². The van der Waals surface area contributed by atoms with Crippen molar-refractivity contribution in [3.05, 3.63) is 24.1 Å². The van der Waals surface area contributed by atoms with Crippen molar-refractivity contribution in [3.63, 3.8) is 0 Å². The van der Waals surface area contributed by atoms with Crippen LogP contribution in [0.3, 0.4) is 0 Å². The van der Waals surface area contributed by atoms with E-state index in [1.807, 2.05) is 13.2 Å². The summed E-state index contributed by atoms with van der Waals surface area (Å²) in [5, 5.41) is 5.63. The molecule has 0 aliphatic rings. The average molecular weight is 349 g/mol. The van der Waals surface area contributed by atoms with E-state index in [1.165, 1.54) is 0 Å². The average Bonchev–Trinajstić information content (AvgIpc) is 3.00. The Hall–Kier alpha value is -2.02. The van der Waals surface area contributed by atoms with Gasteiger partial charge in [-0.2, -0.15) is 11.8 Å².